The minimum atomic E-state index is -0.544. The minimum Gasteiger partial charge on any atom is -0.481 e. The van der Waals surface area contributed by atoms with Crippen molar-refractivity contribution >= 4 is 5.91 Å². The Bertz CT molecular complexity index is 517. The summed E-state index contributed by atoms with van der Waals surface area (Å²) in [6.07, 6.45) is 1.03. The largest absolute Gasteiger partial charge is 0.481 e. The number of carbonyl (C=O) groups is 1. The lowest BCUT2D eigenvalue weighted by Crippen LogP contribution is -2.35. The third-order valence-corrected chi connectivity index (χ3v) is 2.72. The summed E-state index contributed by atoms with van der Waals surface area (Å²) in [5, 5.41) is 2.76. The van der Waals surface area contributed by atoms with E-state index in [1.807, 2.05) is 37.3 Å². The lowest BCUT2D eigenvalue weighted by Gasteiger charge is -2.14. The Morgan fingerprint density at radius 3 is 2.68 bits per heavy atom. The topological polar surface area (TPSA) is 51.5 Å². The highest BCUT2D eigenvalue weighted by atomic mass is 16.5. The molecule has 1 amide bonds. The maximum absolute atomic E-state index is 11.8. The maximum atomic E-state index is 11.8. The average Bonchev–Trinajstić information content (AvgIpc) is 2.91. The number of amides is 1. The van der Waals surface area contributed by atoms with Gasteiger partial charge in [-0.3, -0.25) is 4.79 Å². The summed E-state index contributed by atoms with van der Waals surface area (Å²) in [6.45, 7) is 4.09. The second kappa shape index (κ2) is 6.09. The molecule has 1 aromatic carbocycles. The van der Waals surface area contributed by atoms with Gasteiger partial charge in [0.1, 0.15) is 11.5 Å². The molecule has 0 aliphatic heterocycles. The van der Waals surface area contributed by atoms with Gasteiger partial charge in [-0.25, -0.2) is 0 Å². The van der Waals surface area contributed by atoms with Gasteiger partial charge in [0.2, 0.25) is 0 Å². The van der Waals surface area contributed by atoms with Crippen LogP contribution in [0.5, 0.6) is 5.75 Å². The van der Waals surface area contributed by atoms with Gasteiger partial charge in [0, 0.05) is 0 Å². The predicted octanol–water partition coefficient (Wildman–Crippen LogP) is 2.67. The highest BCUT2D eigenvalue weighted by molar-refractivity contribution is 5.80. The number of hydrogen-bond donors (Lipinski definition) is 1. The predicted molar refractivity (Wildman–Crippen MR) is 71.8 cm³/mol. The molecule has 4 nitrogen and oxygen atoms in total. The second-order valence-electron chi connectivity index (χ2n) is 4.37. The number of benzene rings is 1. The SMILES string of the molecule is Cc1ccc(OC(C)C(=O)NCc2ccco2)cc1. The normalized spacial score (nSPS) is 11.9. The first-order valence-corrected chi connectivity index (χ1v) is 6.18. The first kappa shape index (κ1) is 13.2. The molecule has 0 spiro atoms. The van der Waals surface area contributed by atoms with Gasteiger partial charge in [0.05, 0.1) is 12.8 Å². The number of carbonyl (C=O) groups excluding carboxylic acids is 1. The molecule has 2 aromatic rings. The van der Waals surface area contributed by atoms with E-state index in [9.17, 15) is 4.79 Å². The van der Waals surface area contributed by atoms with Crippen LogP contribution in [0.15, 0.2) is 47.1 Å². The van der Waals surface area contributed by atoms with Gasteiger partial charge in [-0.05, 0) is 38.1 Å². The Labute approximate surface area is 112 Å². The van der Waals surface area contributed by atoms with E-state index in [4.69, 9.17) is 9.15 Å². The molecule has 1 atom stereocenters. The van der Waals surface area contributed by atoms with Crippen LogP contribution in [0.4, 0.5) is 0 Å². The summed E-state index contributed by atoms with van der Waals surface area (Å²) in [6, 6.07) is 11.2. The molecule has 1 unspecified atom stereocenters. The zero-order valence-corrected chi connectivity index (χ0v) is 11.1. The minimum absolute atomic E-state index is 0.169. The summed E-state index contributed by atoms with van der Waals surface area (Å²) in [5.41, 5.74) is 1.15. The molecule has 100 valence electrons. The Morgan fingerprint density at radius 2 is 2.05 bits per heavy atom. The van der Waals surface area contributed by atoms with Crippen LogP contribution in [0.25, 0.3) is 0 Å². The van der Waals surface area contributed by atoms with Crippen LogP contribution < -0.4 is 10.1 Å². The first-order chi connectivity index (χ1) is 9.15. The molecule has 0 aliphatic carbocycles. The molecule has 0 fully saturated rings. The van der Waals surface area contributed by atoms with Crippen molar-refractivity contribution in [3.05, 3.63) is 54.0 Å². The molecule has 1 N–H and O–H groups in total. The summed E-state index contributed by atoms with van der Waals surface area (Å²) >= 11 is 0. The van der Waals surface area contributed by atoms with E-state index in [2.05, 4.69) is 5.32 Å². The molecule has 0 saturated heterocycles. The van der Waals surface area contributed by atoms with Gasteiger partial charge in [-0.2, -0.15) is 0 Å². The van der Waals surface area contributed by atoms with Crippen LogP contribution in [0.2, 0.25) is 0 Å². The van der Waals surface area contributed by atoms with Crippen LogP contribution in [-0.2, 0) is 11.3 Å². The Balaban J connectivity index is 1.83. The van der Waals surface area contributed by atoms with E-state index >= 15 is 0 Å². The van der Waals surface area contributed by atoms with Crippen molar-refractivity contribution in [2.75, 3.05) is 0 Å². The highest BCUT2D eigenvalue weighted by Gasteiger charge is 2.14. The molecular weight excluding hydrogens is 242 g/mol. The average molecular weight is 259 g/mol. The molecule has 0 saturated carbocycles. The molecule has 0 aliphatic rings. The molecule has 1 heterocycles. The summed E-state index contributed by atoms with van der Waals surface area (Å²) in [5.74, 6) is 1.24. The maximum Gasteiger partial charge on any atom is 0.261 e. The fourth-order valence-corrected chi connectivity index (χ4v) is 1.61. The molecule has 0 radical (unpaired) electrons. The van der Waals surface area contributed by atoms with E-state index in [0.29, 0.717) is 12.3 Å². The smallest absolute Gasteiger partial charge is 0.261 e. The van der Waals surface area contributed by atoms with Crippen molar-refractivity contribution in [3.8, 4) is 5.75 Å². The summed E-state index contributed by atoms with van der Waals surface area (Å²) in [7, 11) is 0. The van der Waals surface area contributed by atoms with E-state index in [1.54, 1.807) is 19.3 Å². The van der Waals surface area contributed by atoms with Crippen LogP contribution in [0, 0.1) is 6.92 Å². The Morgan fingerprint density at radius 1 is 1.32 bits per heavy atom. The zero-order valence-electron chi connectivity index (χ0n) is 11.1. The van der Waals surface area contributed by atoms with Crippen LogP contribution in [0.1, 0.15) is 18.2 Å². The van der Waals surface area contributed by atoms with Crippen molar-refractivity contribution in [3.63, 3.8) is 0 Å². The number of hydrogen-bond acceptors (Lipinski definition) is 3. The fraction of sp³-hybridized carbons (Fsp3) is 0.267. The molecule has 2 rings (SSSR count). The van der Waals surface area contributed by atoms with Crippen LogP contribution in [0.3, 0.4) is 0 Å². The summed E-state index contributed by atoms with van der Waals surface area (Å²) < 4.78 is 10.7. The van der Waals surface area contributed by atoms with Crippen molar-refractivity contribution in [1.82, 2.24) is 5.32 Å². The van der Waals surface area contributed by atoms with Crippen LogP contribution >= 0.6 is 0 Å². The number of rotatable bonds is 5. The molecular formula is C15H17NO3. The van der Waals surface area contributed by atoms with E-state index < -0.39 is 6.10 Å². The van der Waals surface area contributed by atoms with Gasteiger partial charge in [0.25, 0.3) is 5.91 Å². The molecule has 0 bridgehead atoms. The standard InChI is InChI=1S/C15H17NO3/c1-11-5-7-13(8-6-11)19-12(2)15(17)16-10-14-4-3-9-18-14/h3-9,12H,10H2,1-2H3,(H,16,17). The lowest BCUT2D eigenvalue weighted by molar-refractivity contribution is -0.127. The van der Waals surface area contributed by atoms with Crippen LogP contribution in [-0.4, -0.2) is 12.0 Å². The number of ether oxygens (including phenoxy) is 1. The first-order valence-electron chi connectivity index (χ1n) is 6.18. The zero-order chi connectivity index (χ0) is 13.7. The number of furan rings is 1. The fourth-order valence-electron chi connectivity index (χ4n) is 1.61. The Hall–Kier alpha value is -2.23. The van der Waals surface area contributed by atoms with Crippen molar-refractivity contribution in [2.45, 2.75) is 26.5 Å². The van der Waals surface area contributed by atoms with Crippen molar-refractivity contribution in [2.24, 2.45) is 0 Å². The van der Waals surface area contributed by atoms with Crippen molar-refractivity contribution in [1.29, 1.82) is 0 Å². The second-order valence-corrected chi connectivity index (χ2v) is 4.37. The lowest BCUT2D eigenvalue weighted by atomic mass is 10.2. The Kier molecular flexibility index (Phi) is 4.23. The quantitative estimate of drug-likeness (QED) is 0.898. The van der Waals surface area contributed by atoms with Gasteiger partial charge in [0.15, 0.2) is 6.10 Å². The molecule has 4 heteroatoms. The number of aryl methyl sites for hydroxylation is 1. The van der Waals surface area contributed by atoms with Gasteiger partial charge in [-0.15, -0.1) is 0 Å². The summed E-state index contributed by atoms with van der Waals surface area (Å²) in [4.78, 5) is 11.8. The third kappa shape index (κ3) is 3.88. The molecule has 1 aromatic heterocycles. The van der Waals surface area contributed by atoms with E-state index in [-0.39, 0.29) is 5.91 Å². The third-order valence-electron chi connectivity index (χ3n) is 2.72. The monoisotopic (exact) mass is 259 g/mol. The molecule has 19 heavy (non-hydrogen) atoms. The van der Waals surface area contributed by atoms with Gasteiger partial charge >= 0.3 is 0 Å². The van der Waals surface area contributed by atoms with E-state index in [1.165, 1.54) is 0 Å². The number of nitrogens with one attached hydrogen (secondary N) is 1. The van der Waals surface area contributed by atoms with E-state index in [0.717, 1.165) is 11.3 Å². The van der Waals surface area contributed by atoms with Gasteiger partial charge in [-0.1, -0.05) is 17.7 Å². The highest BCUT2D eigenvalue weighted by Crippen LogP contribution is 2.13. The van der Waals surface area contributed by atoms with Crippen molar-refractivity contribution < 1.29 is 13.9 Å². The van der Waals surface area contributed by atoms with Gasteiger partial charge < -0.3 is 14.5 Å².